The topological polar surface area (TPSA) is 73.2 Å². The number of carbonyl (C=O) groups excluding carboxylic acids is 1. The van der Waals surface area contributed by atoms with Gasteiger partial charge in [-0.15, -0.1) is 11.3 Å². The molecule has 0 fully saturated rings. The van der Waals surface area contributed by atoms with E-state index in [2.05, 4.69) is 10.3 Å². The zero-order valence-electron chi connectivity index (χ0n) is 18.0. The summed E-state index contributed by atoms with van der Waals surface area (Å²) in [5.41, 5.74) is 4.35. The highest BCUT2D eigenvalue weighted by Crippen LogP contribution is 2.25. The van der Waals surface area contributed by atoms with Gasteiger partial charge >= 0.3 is 0 Å². The molecule has 0 spiro atoms. The van der Waals surface area contributed by atoms with Crippen molar-refractivity contribution in [3.63, 3.8) is 0 Å². The summed E-state index contributed by atoms with van der Waals surface area (Å²) in [6.45, 7) is 4.30. The molecule has 0 bridgehead atoms. The summed E-state index contributed by atoms with van der Waals surface area (Å²) in [7, 11) is 1.61. The first-order valence-electron chi connectivity index (χ1n) is 10.1. The summed E-state index contributed by atoms with van der Waals surface area (Å²) < 4.78 is 7.67. The smallest absolute Gasteiger partial charge is 0.272 e. The number of carbonyl (C=O) groups is 1. The number of hydrogen-bond acceptors (Lipinski definition) is 6. The predicted octanol–water partition coefficient (Wildman–Crippen LogP) is 4.86. The van der Waals surface area contributed by atoms with Gasteiger partial charge in [0, 0.05) is 11.3 Å². The van der Waals surface area contributed by atoms with Crippen molar-refractivity contribution in [1.82, 2.24) is 9.55 Å². The molecular weight excluding hydrogens is 442 g/mol. The first kappa shape index (κ1) is 22.1. The van der Waals surface area contributed by atoms with Crippen LogP contribution in [0.25, 0.3) is 10.2 Å². The fourth-order valence-electron chi connectivity index (χ4n) is 3.38. The highest BCUT2D eigenvalue weighted by Gasteiger charge is 2.16. The maximum absolute atomic E-state index is 13.2. The van der Waals surface area contributed by atoms with Crippen molar-refractivity contribution in [2.75, 3.05) is 18.2 Å². The first-order chi connectivity index (χ1) is 15.5. The second-order valence-corrected chi connectivity index (χ2v) is 9.18. The number of thioether (sulfide) groups is 1. The fourth-order valence-corrected chi connectivity index (χ4v) is 4.96. The summed E-state index contributed by atoms with van der Waals surface area (Å²) in [6, 6.07) is 15.2. The Hall–Kier alpha value is -3.10. The summed E-state index contributed by atoms with van der Waals surface area (Å²) in [4.78, 5) is 30.5. The number of fused-ring (bicyclic) bond motifs is 1. The van der Waals surface area contributed by atoms with Crippen LogP contribution in [0, 0.1) is 13.8 Å². The van der Waals surface area contributed by atoms with E-state index in [1.165, 1.54) is 23.1 Å². The van der Waals surface area contributed by atoms with E-state index >= 15 is 0 Å². The lowest BCUT2D eigenvalue weighted by Gasteiger charge is -2.14. The Morgan fingerprint density at radius 3 is 2.78 bits per heavy atom. The molecule has 0 saturated carbocycles. The SMILES string of the molecule is COc1ccccc1Cn1c(SCC(=O)Nc2cccc(C)c2C)nc2ccsc2c1=O. The van der Waals surface area contributed by atoms with Gasteiger partial charge < -0.3 is 10.1 Å². The molecule has 2 aromatic carbocycles. The first-order valence-corrected chi connectivity index (χ1v) is 11.9. The van der Waals surface area contributed by atoms with Crippen LogP contribution in [0.4, 0.5) is 5.69 Å². The van der Waals surface area contributed by atoms with Crippen molar-refractivity contribution in [3.8, 4) is 5.75 Å². The predicted molar refractivity (Wildman–Crippen MR) is 131 cm³/mol. The molecule has 6 nitrogen and oxygen atoms in total. The Balaban J connectivity index is 1.61. The van der Waals surface area contributed by atoms with E-state index < -0.39 is 0 Å². The molecule has 1 amide bonds. The number of hydrogen-bond donors (Lipinski definition) is 1. The van der Waals surface area contributed by atoms with E-state index in [9.17, 15) is 9.59 Å². The van der Waals surface area contributed by atoms with Crippen molar-refractivity contribution in [3.05, 3.63) is 81.0 Å². The second-order valence-electron chi connectivity index (χ2n) is 7.32. The highest BCUT2D eigenvalue weighted by molar-refractivity contribution is 7.99. The molecule has 4 rings (SSSR count). The average Bonchev–Trinajstić information content (AvgIpc) is 3.27. The number of methoxy groups -OCH3 is 1. The Kier molecular flexibility index (Phi) is 6.62. The van der Waals surface area contributed by atoms with Crippen LogP contribution in [-0.4, -0.2) is 28.3 Å². The highest BCUT2D eigenvalue weighted by atomic mass is 32.2. The van der Waals surface area contributed by atoms with Crippen LogP contribution in [0.15, 0.2) is 63.9 Å². The number of thiophene rings is 1. The number of aromatic nitrogens is 2. The van der Waals surface area contributed by atoms with Crippen molar-refractivity contribution >= 4 is 44.9 Å². The van der Waals surface area contributed by atoms with Crippen LogP contribution in [0.1, 0.15) is 16.7 Å². The molecule has 0 aliphatic heterocycles. The van der Waals surface area contributed by atoms with Crippen molar-refractivity contribution < 1.29 is 9.53 Å². The van der Waals surface area contributed by atoms with Crippen molar-refractivity contribution in [1.29, 1.82) is 0 Å². The summed E-state index contributed by atoms with van der Waals surface area (Å²) in [5, 5.41) is 5.32. The van der Waals surface area contributed by atoms with Crippen LogP contribution in [0.5, 0.6) is 5.75 Å². The zero-order valence-corrected chi connectivity index (χ0v) is 19.7. The van der Waals surface area contributed by atoms with E-state index in [-0.39, 0.29) is 17.2 Å². The number of para-hydroxylation sites is 1. The minimum Gasteiger partial charge on any atom is -0.496 e. The van der Waals surface area contributed by atoms with Gasteiger partial charge in [-0.2, -0.15) is 0 Å². The lowest BCUT2D eigenvalue weighted by molar-refractivity contribution is -0.113. The monoisotopic (exact) mass is 465 g/mol. The lowest BCUT2D eigenvalue weighted by atomic mass is 10.1. The van der Waals surface area contributed by atoms with Crippen LogP contribution in [0.2, 0.25) is 0 Å². The number of ether oxygens (including phenoxy) is 1. The molecule has 0 saturated heterocycles. The van der Waals surface area contributed by atoms with Gasteiger partial charge in [-0.05, 0) is 48.6 Å². The second kappa shape index (κ2) is 9.58. The van der Waals surface area contributed by atoms with Gasteiger partial charge in [0.15, 0.2) is 5.16 Å². The normalized spacial score (nSPS) is 11.0. The molecule has 0 radical (unpaired) electrons. The molecule has 4 aromatic rings. The zero-order chi connectivity index (χ0) is 22.7. The van der Waals surface area contributed by atoms with Crippen LogP contribution < -0.4 is 15.6 Å². The quantitative estimate of drug-likeness (QED) is 0.312. The molecule has 8 heteroatoms. The Morgan fingerprint density at radius 2 is 1.97 bits per heavy atom. The van der Waals surface area contributed by atoms with Crippen LogP contribution >= 0.6 is 23.1 Å². The number of anilines is 1. The molecular formula is C24H23N3O3S2. The summed E-state index contributed by atoms with van der Waals surface area (Å²) >= 11 is 2.62. The summed E-state index contributed by atoms with van der Waals surface area (Å²) in [6.07, 6.45) is 0. The molecule has 0 atom stereocenters. The van der Waals surface area contributed by atoms with Gasteiger partial charge in [0.1, 0.15) is 10.4 Å². The molecule has 32 heavy (non-hydrogen) atoms. The van der Waals surface area contributed by atoms with E-state index in [4.69, 9.17) is 4.74 Å². The minimum absolute atomic E-state index is 0.117. The van der Waals surface area contributed by atoms with E-state index in [1.54, 1.807) is 11.7 Å². The fraction of sp³-hybridized carbons (Fsp3) is 0.208. The molecule has 1 N–H and O–H groups in total. The Bertz CT molecular complexity index is 1340. The van der Waals surface area contributed by atoms with Gasteiger partial charge in [0.2, 0.25) is 5.91 Å². The number of nitrogens with one attached hydrogen (secondary N) is 1. The Morgan fingerprint density at radius 1 is 1.16 bits per heavy atom. The molecule has 0 aliphatic carbocycles. The number of benzene rings is 2. The molecule has 0 unspecified atom stereocenters. The third-order valence-electron chi connectivity index (χ3n) is 5.26. The lowest BCUT2D eigenvalue weighted by Crippen LogP contribution is -2.24. The van der Waals surface area contributed by atoms with Crippen LogP contribution in [0.3, 0.4) is 0 Å². The van der Waals surface area contributed by atoms with Crippen molar-refractivity contribution in [2.24, 2.45) is 0 Å². The minimum atomic E-state index is -0.146. The van der Waals surface area contributed by atoms with E-state index in [0.29, 0.717) is 27.7 Å². The molecule has 2 heterocycles. The number of nitrogens with zero attached hydrogens (tertiary/aromatic N) is 2. The summed E-state index contributed by atoms with van der Waals surface area (Å²) in [5.74, 6) is 0.697. The van der Waals surface area contributed by atoms with Crippen molar-refractivity contribution in [2.45, 2.75) is 25.5 Å². The molecule has 2 aromatic heterocycles. The standard InChI is InChI=1S/C24H23N3O3S2/c1-15-7-6-9-18(16(15)2)25-21(28)14-32-24-26-19-11-12-31-22(19)23(29)27(24)13-17-8-4-5-10-20(17)30-3/h4-12H,13-14H2,1-3H3,(H,25,28). The number of amides is 1. The molecule has 0 aliphatic rings. The maximum Gasteiger partial charge on any atom is 0.272 e. The Labute approximate surface area is 194 Å². The van der Waals surface area contributed by atoms with E-state index in [0.717, 1.165) is 22.4 Å². The van der Waals surface area contributed by atoms with Gasteiger partial charge in [-0.3, -0.25) is 14.2 Å². The van der Waals surface area contributed by atoms with Crippen LogP contribution in [-0.2, 0) is 11.3 Å². The maximum atomic E-state index is 13.2. The van der Waals surface area contributed by atoms with Gasteiger partial charge in [0.25, 0.3) is 5.56 Å². The third kappa shape index (κ3) is 4.56. The average molecular weight is 466 g/mol. The third-order valence-corrected chi connectivity index (χ3v) is 7.13. The number of rotatable bonds is 7. The van der Waals surface area contributed by atoms with E-state index in [1.807, 2.05) is 67.8 Å². The van der Waals surface area contributed by atoms with Gasteiger partial charge in [-0.1, -0.05) is 42.1 Å². The van der Waals surface area contributed by atoms with Gasteiger partial charge in [0.05, 0.1) is 24.9 Å². The molecule has 164 valence electrons. The van der Waals surface area contributed by atoms with Gasteiger partial charge in [-0.25, -0.2) is 4.98 Å². The number of aryl methyl sites for hydroxylation is 1. The largest absolute Gasteiger partial charge is 0.496 e.